The van der Waals surface area contributed by atoms with E-state index in [-0.39, 0.29) is 12.2 Å². The van der Waals surface area contributed by atoms with Crippen LogP contribution in [0.15, 0.2) is 40.4 Å². The van der Waals surface area contributed by atoms with Gasteiger partial charge in [-0.25, -0.2) is 9.67 Å². The molecule has 0 aliphatic heterocycles. The maximum absolute atomic E-state index is 12.0. The summed E-state index contributed by atoms with van der Waals surface area (Å²) in [5.41, 5.74) is 0.934. The van der Waals surface area contributed by atoms with E-state index in [4.69, 9.17) is 16.7 Å². The molecule has 3 aromatic rings. The molecule has 0 amide bonds. The van der Waals surface area contributed by atoms with Crippen molar-refractivity contribution in [2.45, 2.75) is 5.16 Å². The van der Waals surface area contributed by atoms with Crippen LogP contribution in [-0.4, -0.2) is 37.2 Å². The van der Waals surface area contributed by atoms with Crippen molar-refractivity contribution < 1.29 is 5.11 Å². The predicted molar refractivity (Wildman–Crippen MR) is 82.3 cm³/mol. The average molecular weight is 323 g/mol. The lowest BCUT2D eigenvalue weighted by atomic mass is 10.3. The van der Waals surface area contributed by atoms with Crippen LogP contribution in [0, 0.1) is 0 Å². The maximum atomic E-state index is 12.0. The van der Waals surface area contributed by atoms with Crippen molar-refractivity contribution >= 4 is 34.4 Å². The zero-order chi connectivity index (χ0) is 14.8. The van der Waals surface area contributed by atoms with Crippen LogP contribution in [0.4, 0.5) is 0 Å². The van der Waals surface area contributed by atoms with Gasteiger partial charge in [-0.05, 0) is 18.2 Å². The number of fused-ring (bicyclic) bond motifs is 1. The SMILES string of the molecule is O=c1[nH]c(SCCO)nc2c1cnn2-c1cccc(Cl)c1. The number of aromatic nitrogens is 4. The number of aromatic amines is 1. The van der Waals surface area contributed by atoms with Gasteiger partial charge in [0.2, 0.25) is 0 Å². The van der Waals surface area contributed by atoms with E-state index < -0.39 is 0 Å². The molecular weight excluding hydrogens is 312 g/mol. The first kappa shape index (κ1) is 14.1. The molecule has 0 unspecified atom stereocenters. The van der Waals surface area contributed by atoms with E-state index in [0.29, 0.717) is 27.0 Å². The van der Waals surface area contributed by atoms with E-state index in [9.17, 15) is 4.79 Å². The number of benzene rings is 1. The van der Waals surface area contributed by atoms with Crippen LogP contribution in [0.3, 0.4) is 0 Å². The highest BCUT2D eigenvalue weighted by atomic mass is 35.5. The molecule has 2 aromatic heterocycles. The molecule has 0 aliphatic rings. The highest BCUT2D eigenvalue weighted by molar-refractivity contribution is 7.99. The second-order valence-corrected chi connectivity index (χ2v) is 5.74. The highest BCUT2D eigenvalue weighted by Crippen LogP contribution is 2.19. The van der Waals surface area contributed by atoms with Crippen molar-refractivity contribution in [1.82, 2.24) is 19.7 Å². The first-order valence-corrected chi connectivity index (χ1v) is 7.53. The number of hydrogen-bond donors (Lipinski definition) is 2. The van der Waals surface area contributed by atoms with E-state index in [1.165, 1.54) is 18.0 Å². The van der Waals surface area contributed by atoms with Crippen LogP contribution < -0.4 is 5.56 Å². The summed E-state index contributed by atoms with van der Waals surface area (Å²) in [6.07, 6.45) is 1.47. The Bertz CT molecular complexity index is 846. The Kier molecular flexibility index (Phi) is 3.96. The number of hydrogen-bond acceptors (Lipinski definition) is 5. The summed E-state index contributed by atoms with van der Waals surface area (Å²) >= 11 is 7.26. The molecular formula is C13H11ClN4O2S. The van der Waals surface area contributed by atoms with Crippen molar-refractivity contribution in [3.8, 4) is 5.69 Å². The summed E-state index contributed by atoms with van der Waals surface area (Å²) in [5.74, 6) is 0.458. The summed E-state index contributed by atoms with van der Waals surface area (Å²) in [5, 5.41) is 14.5. The van der Waals surface area contributed by atoms with Crippen molar-refractivity contribution in [3.05, 3.63) is 45.8 Å². The number of nitrogens with zero attached hydrogens (tertiary/aromatic N) is 3. The number of aliphatic hydroxyl groups is 1. The standard InChI is InChI=1S/C13H11ClN4O2S/c14-8-2-1-3-9(6-8)18-11-10(7-15-18)12(20)17-13(16-11)21-5-4-19/h1-3,6-7,19H,4-5H2,(H,16,17,20). The van der Waals surface area contributed by atoms with Gasteiger partial charge in [-0.3, -0.25) is 4.79 Å². The minimum absolute atomic E-state index is 0.0139. The predicted octanol–water partition coefficient (Wildman–Crippen LogP) is 1.85. The van der Waals surface area contributed by atoms with Gasteiger partial charge in [0, 0.05) is 10.8 Å². The average Bonchev–Trinajstić information content (AvgIpc) is 2.89. The molecule has 2 heterocycles. The van der Waals surface area contributed by atoms with E-state index in [1.54, 1.807) is 22.9 Å². The minimum Gasteiger partial charge on any atom is -0.396 e. The third-order valence-electron chi connectivity index (χ3n) is 2.80. The minimum atomic E-state index is -0.256. The highest BCUT2D eigenvalue weighted by Gasteiger charge is 2.11. The van der Waals surface area contributed by atoms with Gasteiger partial charge in [-0.15, -0.1) is 0 Å². The third kappa shape index (κ3) is 2.80. The quantitative estimate of drug-likeness (QED) is 0.565. The van der Waals surface area contributed by atoms with Crippen LogP contribution in [0.25, 0.3) is 16.7 Å². The molecule has 3 rings (SSSR count). The summed E-state index contributed by atoms with van der Waals surface area (Å²) in [7, 11) is 0. The fourth-order valence-electron chi connectivity index (χ4n) is 1.91. The number of H-pyrrole nitrogens is 1. The van der Waals surface area contributed by atoms with Gasteiger partial charge in [0.05, 0.1) is 18.5 Å². The maximum Gasteiger partial charge on any atom is 0.262 e. The molecule has 1 aromatic carbocycles. The van der Waals surface area contributed by atoms with Crippen LogP contribution in [0.2, 0.25) is 5.02 Å². The second kappa shape index (κ2) is 5.88. The number of rotatable bonds is 4. The van der Waals surface area contributed by atoms with Crippen LogP contribution in [-0.2, 0) is 0 Å². The van der Waals surface area contributed by atoms with Gasteiger partial charge in [-0.1, -0.05) is 29.4 Å². The molecule has 108 valence electrons. The zero-order valence-electron chi connectivity index (χ0n) is 10.8. The topological polar surface area (TPSA) is 83.8 Å². The molecule has 0 radical (unpaired) electrons. The van der Waals surface area contributed by atoms with Gasteiger partial charge in [-0.2, -0.15) is 5.10 Å². The van der Waals surface area contributed by atoms with Crippen molar-refractivity contribution in [3.63, 3.8) is 0 Å². The fourth-order valence-corrected chi connectivity index (χ4v) is 2.69. The number of halogens is 1. The molecule has 0 spiro atoms. The zero-order valence-corrected chi connectivity index (χ0v) is 12.4. The monoisotopic (exact) mass is 322 g/mol. The molecule has 2 N–H and O–H groups in total. The Labute approximate surface area is 128 Å². The molecule has 21 heavy (non-hydrogen) atoms. The van der Waals surface area contributed by atoms with Gasteiger partial charge in [0.25, 0.3) is 5.56 Å². The van der Waals surface area contributed by atoms with Gasteiger partial charge >= 0.3 is 0 Å². The third-order valence-corrected chi connectivity index (χ3v) is 3.89. The summed E-state index contributed by atoms with van der Waals surface area (Å²) < 4.78 is 1.57. The smallest absolute Gasteiger partial charge is 0.262 e. The molecule has 0 saturated heterocycles. The number of thioether (sulfide) groups is 1. The lowest BCUT2D eigenvalue weighted by Crippen LogP contribution is -2.10. The summed E-state index contributed by atoms with van der Waals surface area (Å²) in [6, 6.07) is 7.15. The van der Waals surface area contributed by atoms with Crippen molar-refractivity contribution in [2.75, 3.05) is 12.4 Å². The Morgan fingerprint density at radius 3 is 3.05 bits per heavy atom. The Hall–Kier alpha value is -1.83. The first-order valence-electron chi connectivity index (χ1n) is 6.16. The van der Waals surface area contributed by atoms with E-state index in [0.717, 1.165) is 5.69 Å². The fraction of sp³-hybridized carbons (Fsp3) is 0.154. The number of aliphatic hydroxyl groups excluding tert-OH is 1. The Balaban J connectivity index is 2.16. The van der Waals surface area contributed by atoms with Crippen LogP contribution in [0.1, 0.15) is 0 Å². The Morgan fingerprint density at radius 1 is 1.43 bits per heavy atom. The van der Waals surface area contributed by atoms with Gasteiger partial charge in [0.1, 0.15) is 5.39 Å². The molecule has 6 nitrogen and oxygen atoms in total. The van der Waals surface area contributed by atoms with Crippen molar-refractivity contribution in [2.24, 2.45) is 0 Å². The summed E-state index contributed by atoms with van der Waals surface area (Å²) in [4.78, 5) is 19.1. The molecule has 8 heteroatoms. The largest absolute Gasteiger partial charge is 0.396 e. The van der Waals surface area contributed by atoms with E-state index in [1.807, 2.05) is 6.07 Å². The first-order chi connectivity index (χ1) is 10.2. The normalized spacial score (nSPS) is 11.1. The number of nitrogens with one attached hydrogen (secondary N) is 1. The van der Waals surface area contributed by atoms with Gasteiger partial charge in [0.15, 0.2) is 10.8 Å². The van der Waals surface area contributed by atoms with Crippen molar-refractivity contribution in [1.29, 1.82) is 0 Å². The molecule has 0 saturated carbocycles. The Morgan fingerprint density at radius 2 is 2.29 bits per heavy atom. The van der Waals surface area contributed by atoms with Gasteiger partial charge < -0.3 is 10.1 Å². The lowest BCUT2D eigenvalue weighted by Gasteiger charge is -2.04. The molecule has 0 atom stereocenters. The summed E-state index contributed by atoms with van der Waals surface area (Å²) in [6.45, 7) is 0.0139. The van der Waals surface area contributed by atoms with E-state index >= 15 is 0 Å². The van der Waals surface area contributed by atoms with E-state index in [2.05, 4.69) is 15.1 Å². The lowest BCUT2D eigenvalue weighted by molar-refractivity contribution is 0.322. The molecule has 0 bridgehead atoms. The van der Waals surface area contributed by atoms with Crippen LogP contribution >= 0.6 is 23.4 Å². The molecule has 0 fully saturated rings. The molecule has 0 aliphatic carbocycles. The van der Waals surface area contributed by atoms with Crippen LogP contribution in [0.5, 0.6) is 0 Å². The second-order valence-electron chi connectivity index (χ2n) is 4.22.